The van der Waals surface area contributed by atoms with Gasteiger partial charge in [0, 0.05) is 10.6 Å². The van der Waals surface area contributed by atoms with E-state index < -0.39 is 28.3 Å². The van der Waals surface area contributed by atoms with Gasteiger partial charge in [-0.05, 0) is 91.2 Å². The predicted octanol–water partition coefficient (Wildman–Crippen LogP) is 6.66. The molecule has 0 saturated carbocycles. The lowest BCUT2D eigenvalue weighted by atomic mass is 10.1. The number of carbonyl (C=O) groups is 2. The van der Waals surface area contributed by atoms with Gasteiger partial charge in [-0.15, -0.1) is 11.3 Å². The topological polar surface area (TPSA) is 141 Å². The summed E-state index contributed by atoms with van der Waals surface area (Å²) < 4.78 is 43.0. The van der Waals surface area contributed by atoms with Crippen molar-refractivity contribution in [2.75, 3.05) is 24.8 Å². The van der Waals surface area contributed by atoms with E-state index in [4.69, 9.17) is 30.9 Å². The second-order valence-corrected chi connectivity index (χ2v) is 13.8. The number of aromatic nitrogens is 1. The number of hydrogen-bond donors (Lipinski definition) is 2. The highest BCUT2D eigenvalue weighted by Gasteiger charge is 2.16. The SMILES string of the molecule is COc1ccc2nc(COc3cccc(C(=O)Nc4cc(CCCS(=O)(=O)c5ccc(Cl)cc5)ccc4OCC(=O)O)c3)sc2c1. The number of rotatable bonds is 14. The summed E-state index contributed by atoms with van der Waals surface area (Å²) in [4.78, 5) is 29.2. The van der Waals surface area contributed by atoms with E-state index in [9.17, 15) is 18.0 Å². The summed E-state index contributed by atoms with van der Waals surface area (Å²) >= 11 is 7.36. The molecule has 0 radical (unpaired) electrons. The second-order valence-electron chi connectivity index (χ2n) is 10.1. The van der Waals surface area contributed by atoms with Crippen LogP contribution in [-0.2, 0) is 27.7 Å². The van der Waals surface area contributed by atoms with Gasteiger partial charge in [0.2, 0.25) is 0 Å². The molecule has 0 aliphatic heterocycles. The number of aryl methyl sites for hydroxylation is 1. The number of thiazole rings is 1. The van der Waals surface area contributed by atoms with Gasteiger partial charge in [-0.2, -0.15) is 0 Å². The zero-order chi connectivity index (χ0) is 32.7. The highest BCUT2D eigenvalue weighted by molar-refractivity contribution is 7.91. The molecule has 5 aromatic rings. The van der Waals surface area contributed by atoms with E-state index in [-0.39, 0.29) is 28.7 Å². The van der Waals surface area contributed by atoms with Gasteiger partial charge in [0.05, 0.1) is 33.7 Å². The first kappa shape index (κ1) is 32.7. The van der Waals surface area contributed by atoms with Crippen LogP contribution < -0.4 is 19.5 Å². The number of anilines is 1. The Morgan fingerprint density at radius 1 is 0.957 bits per heavy atom. The molecule has 10 nitrogen and oxygen atoms in total. The standard InChI is InChI=1S/C33H29ClN2O8S2/c1-42-24-10-13-27-30(18-24)45-31(35-27)19-43-25-6-2-5-22(17-25)33(39)36-28-16-21(7-14-29(28)44-20-32(37)38)4-3-15-46(40,41)26-11-8-23(34)9-12-26/h2,5-14,16-18H,3-4,15,19-20H2,1H3,(H,36,39)(H,37,38). The van der Waals surface area contributed by atoms with Crippen LogP contribution >= 0.6 is 22.9 Å². The Morgan fingerprint density at radius 3 is 2.52 bits per heavy atom. The number of ether oxygens (including phenoxy) is 3. The van der Waals surface area contributed by atoms with E-state index in [1.165, 1.54) is 35.6 Å². The Bertz CT molecular complexity index is 1980. The molecule has 0 aliphatic carbocycles. The third-order valence-electron chi connectivity index (χ3n) is 6.79. The summed E-state index contributed by atoms with van der Waals surface area (Å²) in [6.45, 7) is -0.404. The summed E-state index contributed by atoms with van der Waals surface area (Å²) in [7, 11) is -1.91. The number of benzene rings is 4. The lowest BCUT2D eigenvalue weighted by molar-refractivity contribution is -0.139. The number of halogens is 1. The molecule has 4 aromatic carbocycles. The van der Waals surface area contributed by atoms with Crippen molar-refractivity contribution in [1.82, 2.24) is 4.98 Å². The Balaban J connectivity index is 1.26. The van der Waals surface area contributed by atoms with Crippen LogP contribution in [0, 0.1) is 0 Å². The molecule has 0 unspecified atom stereocenters. The number of nitrogens with zero attached hydrogens (tertiary/aromatic N) is 1. The number of hydrogen-bond acceptors (Lipinski definition) is 9. The van der Waals surface area contributed by atoms with Crippen LogP contribution in [0.25, 0.3) is 10.2 Å². The molecular formula is C33H29ClN2O8S2. The fourth-order valence-electron chi connectivity index (χ4n) is 4.53. The zero-order valence-corrected chi connectivity index (χ0v) is 27.0. The molecule has 46 heavy (non-hydrogen) atoms. The molecule has 13 heteroatoms. The monoisotopic (exact) mass is 680 g/mol. The number of nitrogens with one attached hydrogen (secondary N) is 1. The zero-order valence-electron chi connectivity index (χ0n) is 24.6. The van der Waals surface area contributed by atoms with Crippen LogP contribution in [0.15, 0.2) is 89.8 Å². The molecule has 1 aromatic heterocycles. The van der Waals surface area contributed by atoms with Crippen molar-refractivity contribution in [1.29, 1.82) is 0 Å². The molecule has 0 fully saturated rings. The summed E-state index contributed by atoms with van der Waals surface area (Å²) in [5, 5.41) is 13.1. The van der Waals surface area contributed by atoms with E-state index in [0.29, 0.717) is 29.2 Å². The predicted molar refractivity (Wildman–Crippen MR) is 176 cm³/mol. The Hall–Kier alpha value is -4.65. The summed E-state index contributed by atoms with van der Waals surface area (Å²) in [6, 6.07) is 23.2. The average Bonchev–Trinajstić information content (AvgIpc) is 3.46. The second kappa shape index (κ2) is 14.6. The maximum absolute atomic E-state index is 13.3. The first-order valence-electron chi connectivity index (χ1n) is 14.0. The van der Waals surface area contributed by atoms with E-state index >= 15 is 0 Å². The van der Waals surface area contributed by atoms with E-state index in [0.717, 1.165) is 26.5 Å². The fourth-order valence-corrected chi connectivity index (χ4v) is 6.88. The van der Waals surface area contributed by atoms with Crippen molar-refractivity contribution in [3.63, 3.8) is 0 Å². The van der Waals surface area contributed by atoms with Gasteiger partial charge >= 0.3 is 5.97 Å². The molecule has 5 rings (SSSR count). The number of carboxylic acids is 1. The van der Waals surface area contributed by atoms with Gasteiger partial charge in [-0.25, -0.2) is 18.2 Å². The van der Waals surface area contributed by atoms with Gasteiger partial charge < -0.3 is 24.6 Å². The first-order chi connectivity index (χ1) is 22.1. The molecule has 0 bridgehead atoms. The average molecular weight is 681 g/mol. The van der Waals surface area contributed by atoms with Crippen LogP contribution in [0.1, 0.15) is 27.3 Å². The third-order valence-corrected chi connectivity index (χ3v) is 9.85. The van der Waals surface area contributed by atoms with Gasteiger partial charge in [0.15, 0.2) is 16.4 Å². The van der Waals surface area contributed by atoms with Crippen LogP contribution in [-0.4, -0.2) is 49.9 Å². The van der Waals surface area contributed by atoms with Crippen LogP contribution in [0.2, 0.25) is 5.02 Å². The number of methoxy groups -OCH3 is 1. The molecule has 0 spiro atoms. The summed E-state index contributed by atoms with van der Waals surface area (Å²) in [5.41, 5.74) is 2.12. The summed E-state index contributed by atoms with van der Waals surface area (Å²) in [5.74, 6) is -0.376. The number of aliphatic carboxylic acids is 1. The molecule has 0 saturated heterocycles. The van der Waals surface area contributed by atoms with Crippen molar-refractivity contribution in [3.8, 4) is 17.2 Å². The van der Waals surface area contributed by atoms with Crippen LogP contribution in [0.5, 0.6) is 17.2 Å². The van der Waals surface area contributed by atoms with E-state index in [2.05, 4.69) is 10.3 Å². The quantitative estimate of drug-likeness (QED) is 0.132. The van der Waals surface area contributed by atoms with Gasteiger partial charge in [-0.3, -0.25) is 4.79 Å². The lowest BCUT2D eigenvalue weighted by Crippen LogP contribution is -2.15. The lowest BCUT2D eigenvalue weighted by Gasteiger charge is -2.14. The maximum atomic E-state index is 13.3. The molecule has 0 atom stereocenters. The van der Waals surface area contributed by atoms with Gasteiger partial charge in [0.25, 0.3) is 5.91 Å². The molecule has 0 aliphatic rings. The normalized spacial score (nSPS) is 11.3. The van der Waals surface area contributed by atoms with Crippen LogP contribution in [0.3, 0.4) is 0 Å². The third kappa shape index (κ3) is 8.53. The molecule has 1 heterocycles. The molecule has 238 valence electrons. The van der Waals surface area contributed by atoms with Crippen molar-refractivity contribution >= 4 is 60.6 Å². The fraction of sp³-hybridized carbons (Fsp3) is 0.182. The maximum Gasteiger partial charge on any atom is 0.341 e. The minimum Gasteiger partial charge on any atom is -0.497 e. The minimum absolute atomic E-state index is 0.0917. The van der Waals surface area contributed by atoms with Gasteiger partial charge in [0.1, 0.15) is 28.9 Å². The Morgan fingerprint density at radius 2 is 1.76 bits per heavy atom. The van der Waals surface area contributed by atoms with Crippen LogP contribution in [0.4, 0.5) is 5.69 Å². The Kier molecular flexibility index (Phi) is 10.4. The Labute approximate surface area is 274 Å². The van der Waals surface area contributed by atoms with E-state index in [1.54, 1.807) is 49.6 Å². The van der Waals surface area contributed by atoms with Crippen molar-refractivity contribution in [2.24, 2.45) is 0 Å². The number of fused-ring (bicyclic) bond motifs is 1. The van der Waals surface area contributed by atoms with Gasteiger partial charge in [-0.1, -0.05) is 23.7 Å². The van der Waals surface area contributed by atoms with Crippen molar-refractivity contribution in [2.45, 2.75) is 24.3 Å². The number of carbonyl (C=O) groups excluding carboxylic acids is 1. The number of sulfone groups is 1. The highest BCUT2D eigenvalue weighted by atomic mass is 35.5. The summed E-state index contributed by atoms with van der Waals surface area (Å²) in [6.07, 6.45) is 0.700. The molecule has 2 N–H and O–H groups in total. The van der Waals surface area contributed by atoms with Crippen molar-refractivity contribution in [3.05, 3.63) is 106 Å². The molecule has 1 amide bonds. The smallest absolute Gasteiger partial charge is 0.341 e. The number of amides is 1. The highest BCUT2D eigenvalue weighted by Crippen LogP contribution is 2.29. The minimum atomic E-state index is -3.51. The van der Waals surface area contributed by atoms with E-state index in [1.807, 2.05) is 18.2 Å². The first-order valence-corrected chi connectivity index (χ1v) is 16.9. The molecular weight excluding hydrogens is 652 g/mol. The largest absolute Gasteiger partial charge is 0.497 e. The number of carboxylic acid groups (broad SMARTS) is 1. The van der Waals surface area contributed by atoms with Crippen molar-refractivity contribution < 1.29 is 37.3 Å².